The summed E-state index contributed by atoms with van der Waals surface area (Å²) >= 11 is 0. The third-order valence-electron chi connectivity index (χ3n) is 6.78. The lowest BCUT2D eigenvalue weighted by Crippen LogP contribution is -2.29. The second-order valence-corrected chi connectivity index (χ2v) is 8.75. The molecule has 2 aromatic heterocycles. The van der Waals surface area contributed by atoms with Crippen molar-refractivity contribution >= 4 is 39.3 Å². The van der Waals surface area contributed by atoms with E-state index in [1.807, 2.05) is 78.9 Å². The van der Waals surface area contributed by atoms with Crippen molar-refractivity contribution < 1.29 is 9.59 Å². The van der Waals surface area contributed by atoms with Gasteiger partial charge in [0, 0.05) is 22.5 Å². The van der Waals surface area contributed by atoms with E-state index in [2.05, 4.69) is 21.7 Å². The van der Waals surface area contributed by atoms with Crippen LogP contribution in [0.2, 0.25) is 0 Å². The Morgan fingerprint density at radius 2 is 1.31 bits per heavy atom. The van der Waals surface area contributed by atoms with Gasteiger partial charge in [-0.15, -0.1) is 0 Å². The highest BCUT2D eigenvalue weighted by molar-refractivity contribution is 6.35. The lowest BCUT2D eigenvalue weighted by molar-refractivity contribution is 0.0926. The molecule has 0 atom stereocenters. The molecule has 36 heavy (non-hydrogen) atoms. The maximum Gasteiger partial charge on any atom is 0.268 e. The number of benzene rings is 4. The molecule has 0 spiro atoms. The SMILES string of the molecule is O=C1c2cccc(-n3c4ccccc4c4cccc(-c5ccccn5)c43)c2C(=O)N1c1ccccc1. The van der Waals surface area contributed by atoms with Crippen LogP contribution in [0.25, 0.3) is 38.8 Å². The topological polar surface area (TPSA) is 55.2 Å². The van der Waals surface area contributed by atoms with Crippen LogP contribution in [0.5, 0.6) is 0 Å². The smallest absolute Gasteiger partial charge is 0.268 e. The van der Waals surface area contributed by atoms with E-state index in [-0.39, 0.29) is 11.8 Å². The molecule has 1 aliphatic rings. The number of carbonyl (C=O) groups is 2. The maximum absolute atomic E-state index is 13.8. The molecule has 7 rings (SSSR count). The van der Waals surface area contributed by atoms with Crippen LogP contribution in [0.15, 0.2) is 115 Å². The van der Waals surface area contributed by atoms with Gasteiger partial charge in [0.1, 0.15) is 0 Å². The van der Waals surface area contributed by atoms with Gasteiger partial charge in [0.2, 0.25) is 0 Å². The van der Waals surface area contributed by atoms with Gasteiger partial charge in [-0.1, -0.05) is 66.7 Å². The second kappa shape index (κ2) is 7.75. The van der Waals surface area contributed by atoms with Crippen LogP contribution in [0, 0.1) is 0 Å². The van der Waals surface area contributed by atoms with Gasteiger partial charge in [0.15, 0.2) is 0 Å². The van der Waals surface area contributed by atoms with E-state index >= 15 is 0 Å². The predicted molar refractivity (Wildman–Crippen MR) is 142 cm³/mol. The Balaban J connectivity index is 1.57. The van der Waals surface area contributed by atoms with Crippen molar-refractivity contribution in [1.29, 1.82) is 0 Å². The van der Waals surface area contributed by atoms with E-state index in [0.717, 1.165) is 33.1 Å². The zero-order chi connectivity index (χ0) is 24.2. The highest BCUT2D eigenvalue weighted by Crippen LogP contribution is 2.40. The van der Waals surface area contributed by atoms with Gasteiger partial charge in [-0.2, -0.15) is 0 Å². The van der Waals surface area contributed by atoms with Gasteiger partial charge >= 0.3 is 0 Å². The summed E-state index contributed by atoms with van der Waals surface area (Å²) in [7, 11) is 0. The fourth-order valence-corrected chi connectivity index (χ4v) is 5.26. The largest absolute Gasteiger partial charge is 0.308 e. The first kappa shape index (κ1) is 20.4. The van der Waals surface area contributed by atoms with Gasteiger partial charge in [0.25, 0.3) is 11.8 Å². The molecule has 4 aromatic carbocycles. The molecular weight excluding hydrogens is 446 g/mol. The summed E-state index contributed by atoms with van der Waals surface area (Å²) < 4.78 is 2.10. The van der Waals surface area contributed by atoms with Crippen molar-refractivity contribution in [3.05, 3.63) is 127 Å². The minimum atomic E-state index is -0.321. The average Bonchev–Trinajstić information content (AvgIpc) is 3.41. The molecule has 2 amide bonds. The molecule has 6 aromatic rings. The third kappa shape index (κ3) is 2.80. The first-order valence-corrected chi connectivity index (χ1v) is 11.7. The maximum atomic E-state index is 13.8. The van der Waals surface area contributed by atoms with Crippen molar-refractivity contribution in [2.75, 3.05) is 4.90 Å². The molecule has 0 fully saturated rings. The second-order valence-electron chi connectivity index (χ2n) is 8.75. The molecule has 0 N–H and O–H groups in total. The summed E-state index contributed by atoms with van der Waals surface area (Å²) in [5, 5.41) is 2.13. The van der Waals surface area contributed by atoms with Gasteiger partial charge in [0.05, 0.1) is 39.2 Å². The monoisotopic (exact) mass is 465 g/mol. The Labute approximate surface area is 206 Å². The van der Waals surface area contributed by atoms with Crippen LogP contribution >= 0.6 is 0 Å². The molecule has 5 heteroatoms. The number of aromatic nitrogens is 2. The molecule has 5 nitrogen and oxygen atoms in total. The Bertz CT molecular complexity index is 1820. The van der Waals surface area contributed by atoms with Crippen molar-refractivity contribution in [2.24, 2.45) is 0 Å². The molecule has 0 bridgehead atoms. The minimum absolute atomic E-state index is 0.311. The van der Waals surface area contributed by atoms with Gasteiger partial charge < -0.3 is 4.57 Å². The zero-order valence-corrected chi connectivity index (χ0v) is 19.1. The minimum Gasteiger partial charge on any atom is -0.308 e. The Morgan fingerprint density at radius 1 is 0.583 bits per heavy atom. The number of amides is 2. The van der Waals surface area contributed by atoms with Gasteiger partial charge in [-0.3, -0.25) is 14.6 Å². The van der Waals surface area contributed by atoms with E-state index < -0.39 is 0 Å². The first-order valence-electron chi connectivity index (χ1n) is 11.7. The third-order valence-corrected chi connectivity index (χ3v) is 6.78. The fraction of sp³-hybridized carbons (Fsp3) is 0. The normalized spacial score (nSPS) is 13.1. The zero-order valence-electron chi connectivity index (χ0n) is 19.1. The van der Waals surface area contributed by atoms with Gasteiger partial charge in [-0.05, 0) is 42.5 Å². The standard InChI is InChI=1S/C31H19N3O2/c35-30-24-15-9-18-27(28(24)31(36)33(30)20-10-2-1-3-11-20)34-26-17-5-4-12-21(26)22-13-8-14-23(29(22)34)25-16-6-7-19-32-25/h1-19H. The van der Waals surface area contributed by atoms with E-state index in [1.165, 1.54) is 4.90 Å². The van der Waals surface area contributed by atoms with Gasteiger partial charge in [-0.25, -0.2) is 4.90 Å². The highest BCUT2D eigenvalue weighted by atomic mass is 16.2. The fourth-order valence-electron chi connectivity index (χ4n) is 5.26. The van der Waals surface area contributed by atoms with Crippen LogP contribution in [0.4, 0.5) is 5.69 Å². The number of carbonyl (C=O) groups excluding carboxylic acids is 2. The number of nitrogens with zero attached hydrogens (tertiary/aromatic N) is 3. The number of pyridine rings is 1. The molecule has 3 heterocycles. The number of hydrogen-bond acceptors (Lipinski definition) is 3. The number of rotatable bonds is 3. The average molecular weight is 466 g/mol. The van der Waals surface area contributed by atoms with E-state index in [9.17, 15) is 9.59 Å². The molecule has 0 aliphatic carbocycles. The van der Waals surface area contributed by atoms with E-state index in [4.69, 9.17) is 0 Å². The summed E-state index contributed by atoms with van der Waals surface area (Å²) in [5.74, 6) is -0.633. The molecule has 0 saturated heterocycles. The molecular formula is C31H19N3O2. The Morgan fingerprint density at radius 3 is 2.14 bits per heavy atom. The Hall–Kier alpha value is -5.03. The lowest BCUT2D eigenvalue weighted by Gasteiger charge is -2.15. The van der Waals surface area contributed by atoms with Crippen LogP contribution in [0.1, 0.15) is 20.7 Å². The Kier molecular flexibility index (Phi) is 4.38. The molecule has 0 radical (unpaired) electrons. The predicted octanol–water partition coefficient (Wildman–Crippen LogP) is 6.65. The number of para-hydroxylation sites is 3. The number of anilines is 1. The summed E-state index contributed by atoms with van der Waals surface area (Å²) in [6, 6.07) is 34.7. The van der Waals surface area contributed by atoms with Crippen molar-refractivity contribution in [1.82, 2.24) is 9.55 Å². The van der Waals surface area contributed by atoms with Crippen molar-refractivity contribution in [3.63, 3.8) is 0 Å². The van der Waals surface area contributed by atoms with Crippen LogP contribution < -0.4 is 4.90 Å². The molecule has 170 valence electrons. The molecule has 1 aliphatic heterocycles. The lowest BCUT2D eigenvalue weighted by atomic mass is 10.0. The van der Waals surface area contributed by atoms with E-state index in [1.54, 1.807) is 24.4 Å². The summed E-state index contributed by atoms with van der Waals surface area (Å²) in [6.45, 7) is 0. The first-order chi connectivity index (χ1) is 17.7. The van der Waals surface area contributed by atoms with Crippen LogP contribution in [-0.2, 0) is 0 Å². The summed E-state index contributed by atoms with van der Waals surface area (Å²) in [5.41, 5.74) is 5.76. The van der Waals surface area contributed by atoms with Crippen LogP contribution in [-0.4, -0.2) is 21.4 Å². The summed E-state index contributed by atoms with van der Waals surface area (Å²) in [4.78, 5) is 33.1. The van der Waals surface area contributed by atoms with Crippen LogP contribution in [0.3, 0.4) is 0 Å². The van der Waals surface area contributed by atoms with E-state index in [0.29, 0.717) is 22.5 Å². The molecule has 0 saturated carbocycles. The number of fused-ring (bicyclic) bond motifs is 4. The highest BCUT2D eigenvalue weighted by Gasteiger charge is 2.39. The van der Waals surface area contributed by atoms with Crippen molar-refractivity contribution in [3.8, 4) is 16.9 Å². The quantitative estimate of drug-likeness (QED) is 0.275. The number of imide groups is 1. The number of hydrogen-bond donors (Lipinski definition) is 0. The van der Waals surface area contributed by atoms with Crippen molar-refractivity contribution in [2.45, 2.75) is 0 Å². The summed E-state index contributed by atoms with van der Waals surface area (Å²) in [6.07, 6.45) is 1.78. The molecule has 0 unspecified atom stereocenters.